The number of nitrogens with zero attached hydrogens (tertiary/aromatic N) is 3. The van der Waals surface area contributed by atoms with Crippen LogP contribution in [-0.2, 0) is 22.4 Å². The second-order valence-electron chi connectivity index (χ2n) is 10.3. The van der Waals surface area contributed by atoms with Crippen LogP contribution in [0.5, 0.6) is 0 Å². The summed E-state index contributed by atoms with van der Waals surface area (Å²) in [5.41, 5.74) is 8.25. The highest BCUT2D eigenvalue weighted by molar-refractivity contribution is 5.85. The summed E-state index contributed by atoms with van der Waals surface area (Å²) in [6.45, 7) is 7.11. The van der Waals surface area contributed by atoms with Crippen LogP contribution in [0.15, 0.2) is 30.6 Å². The van der Waals surface area contributed by atoms with Gasteiger partial charge in [-0.15, -0.1) is 0 Å². The van der Waals surface area contributed by atoms with E-state index in [2.05, 4.69) is 40.4 Å². The fourth-order valence-electron chi connectivity index (χ4n) is 6.21. The monoisotopic (exact) mass is 473 g/mol. The van der Waals surface area contributed by atoms with E-state index in [1.807, 2.05) is 22.2 Å². The second kappa shape index (κ2) is 8.33. The first-order valence-electron chi connectivity index (χ1n) is 12.7. The van der Waals surface area contributed by atoms with Gasteiger partial charge in [-0.05, 0) is 59.7 Å². The lowest BCUT2D eigenvalue weighted by molar-refractivity contribution is 0.0352. The van der Waals surface area contributed by atoms with Gasteiger partial charge in [0.05, 0.1) is 38.0 Å². The minimum atomic E-state index is 0.120. The number of morpholine rings is 2. The first-order chi connectivity index (χ1) is 17.1. The number of amides is 2. The first-order valence-corrected chi connectivity index (χ1v) is 12.7. The molecular weight excluding hydrogens is 442 g/mol. The molecule has 0 spiro atoms. The zero-order valence-electron chi connectivity index (χ0n) is 20.0. The van der Waals surface area contributed by atoms with Crippen LogP contribution in [0, 0.1) is 6.92 Å². The van der Waals surface area contributed by atoms with Crippen LogP contribution in [0.4, 0.5) is 4.79 Å². The number of urea groups is 1. The van der Waals surface area contributed by atoms with E-state index in [9.17, 15) is 4.79 Å². The van der Waals surface area contributed by atoms with Crippen LogP contribution in [0.3, 0.4) is 0 Å². The Morgan fingerprint density at radius 3 is 2.94 bits per heavy atom. The Balaban J connectivity index is 1.25. The molecule has 4 aliphatic heterocycles. The number of likely N-dealkylation sites (tertiary alicyclic amines) is 1. The zero-order chi connectivity index (χ0) is 23.5. The number of fused-ring (bicyclic) bond motifs is 4. The average Bonchev–Trinajstić information content (AvgIpc) is 3.64. The van der Waals surface area contributed by atoms with Gasteiger partial charge in [0.15, 0.2) is 0 Å². The Kier molecular flexibility index (Phi) is 5.08. The van der Waals surface area contributed by atoms with Gasteiger partial charge in [-0.25, -0.2) is 9.78 Å². The molecule has 2 bridgehead atoms. The Morgan fingerprint density at radius 1 is 1.20 bits per heavy atom. The first kappa shape index (κ1) is 21.4. The molecule has 0 saturated carbocycles. The maximum Gasteiger partial charge on any atom is 0.320 e. The van der Waals surface area contributed by atoms with Gasteiger partial charge in [-0.3, -0.25) is 0 Å². The molecule has 8 nitrogen and oxygen atoms in total. The van der Waals surface area contributed by atoms with Crippen molar-refractivity contribution in [1.29, 1.82) is 0 Å². The highest BCUT2D eigenvalue weighted by Gasteiger charge is 2.43. The molecular formula is C27H31N5O3. The van der Waals surface area contributed by atoms with Crippen molar-refractivity contribution in [3.05, 3.63) is 52.8 Å². The molecule has 2 aromatic heterocycles. The lowest BCUT2D eigenvalue weighted by Gasteiger charge is -2.37. The van der Waals surface area contributed by atoms with Gasteiger partial charge >= 0.3 is 6.03 Å². The van der Waals surface area contributed by atoms with Crippen molar-refractivity contribution >= 4 is 17.1 Å². The van der Waals surface area contributed by atoms with Crippen molar-refractivity contribution in [2.24, 2.45) is 0 Å². The van der Waals surface area contributed by atoms with Crippen LogP contribution >= 0.6 is 0 Å². The molecule has 2 amide bonds. The van der Waals surface area contributed by atoms with Gasteiger partial charge in [0.1, 0.15) is 5.65 Å². The van der Waals surface area contributed by atoms with Crippen molar-refractivity contribution in [2.75, 3.05) is 39.5 Å². The standard InChI is InChI=1S/C27H31N5O3/c1-16-10-29-26-22(16)8-19(11-30-26)18-6-17-2-4-31(27(33)32-12-21-9-20(32)14-35-21)13-24(17)23(7-18)25-15-34-5-3-28-25/h6-8,10-11,20-21,25,28H,2-5,9,12-15H2,1H3,(H,29,30)/t20-,21-,25+/m1/s1. The van der Waals surface area contributed by atoms with Crippen LogP contribution in [0.25, 0.3) is 22.2 Å². The summed E-state index contributed by atoms with van der Waals surface area (Å²) in [6.07, 6.45) is 6.02. The predicted octanol–water partition coefficient (Wildman–Crippen LogP) is 3.15. The third-order valence-electron chi connectivity index (χ3n) is 8.16. The minimum absolute atomic E-state index is 0.120. The Labute approximate surface area is 204 Å². The average molecular weight is 474 g/mol. The van der Waals surface area contributed by atoms with Crippen molar-refractivity contribution in [1.82, 2.24) is 25.1 Å². The predicted molar refractivity (Wildman–Crippen MR) is 132 cm³/mol. The minimum Gasteiger partial charge on any atom is -0.378 e. The number of rotatable bonds is 2. The number of hydrogen-bond donors (Lipinski definition) is 2. The molecule has 0 unspecified atom stereocenters. The molecule has 0 radical (unpaired) electrons. The van der Waals surface area contributed by atoms with Crippen molar-refractivity contribution in [3.63, 3.8) is 0 Å². The van der Waals surface area contributed by atoms with E-state index in [-0.39, 0.29) is 24.2 Å². The number of carbonyl (C=O) groups excluding carboxylic acids is 1. The van der Waals surface area contributed by atoms with E-state index in [4.69, 9.17) is 9.47 Å². The number of carbonyl (C=O) groups is 1. The van der Waals surface area contributed by atoms with Crippen LogP contribution < -0.4 is 5.32 Å². The normalized spacial score (nSPS) is 25.9. The van der Waals surface area contributed by atoms with Crippen LogP contribution in [0.1, 0.15) is 34.7 Å². The van der Waals surface area contributed by atoms with Crippen molar-refractivity contribution in [3.8, 4) is 11.1 Å². The van der Waals surface area contributed by atoms with Gasteiger partial charge in [0.2, 0.25) is 0 Å². The topological polar surface area (TPSA) is 82.7 Å². The van der Waals surface area contributed by atoms with E-state index < -0.39 is 0 Å². The number of ether oxygens (including phenoxy) is 2. The van der Waals surface area contributed by atoms with Gasteiger partial charge < -0.3 is 29.6 Å². The Morgan fingerprint density at radius 2 is 2.14 bits per heavy atom. The summed E-state index contributed by atoms with van der Waals surface area (Å²) in [5.74, 6) is 0. The van der Waals surface area contributed by atoms with Crippen molar-refractivity contribution < 1.29 is 14.3 Å². The highest BCUT2D eigenvalue weighted by atomic mass is 16.5. The van der Waals surface area contributed by atoms with Crippen molar-refractivity contribution in [2.45, 2.75) is 44.5 Å². The highest BCUT2D eigenvalue weighted by Crippen LogP contribution is 2.36. The Hall–Kier alpha value is -2.94. The SMILES string of the molecule is Cc1c[nH]c2ncc(-c3cc4c(c([C@@H]5COCCN5)c3)CN(C(=O)N3C[C@H]5C[C@@H]3CO5)CC4)cc12. The molecule has 3 saturated heterocycles. The molecule has 0 aliphatic carbocycles. The van der Waals surface area contributed by atoms with Gasteiger partial charge in [-0.2, -0.15) is 0 Å². The summed E-state index contributed by atoms with van der Waals surface area (Å²) in [4.78, 5) is 25.4. The summed E-state index contributed by atoms with van der Waals surface area (Å²) in [7, 11) is 0. The molecule has 1 aromatic carbocycles. The molecule has 35 heavy (non-hydrogen) atoms. The molecule has 3 fully saturated rings. The van der Waals surface area contributed by atoms with E-state index in [1.165, 1.54) is 27.8 Å². The third-order valence-corrected chi connectivity index (χ3v) is 8.16. The number of aryl methyl sites for hydroxylation is 1. The van der Waals surface area contributed by atoms with E-state index in [1.54, 1.807) is 0 Å². The lowest BCUT2D eigenvalue weighted by atomic mass is 9.87. The summed E-state index contributed by atoms with van der Waals surface area (Å²) >= 11 is 0. The number of benzene rings is 1. The number of aromatic amines is 1. The van der Waals surface area contributed by atoms with E-state index >= 15 is 0 Å². The van der Waals surface area contributed by atoms with Gasteiger partial charge in [0.25, 0.3) is 0 Å². The fraction of sp³-hybridized carbons (Fsp3) is 0.481. The number of pyridine rings is 1. The van der Waals surface area contributed by atoms with Crippen LogP contribution in [0.2, 0.25) is 0 Å². The van der Waals surface area contributed by atoms with Gasteiger partial charge in [-0.1, -0.05) is 6.07 Å². The number of H-pyrrole nitrogens is 1. The number of aromatic nitrogens is 2. The third kappa shape index (κ3) is 3.63. The summed E-state index contributed by atoms with van der Waals surface area (Å²) in [6, 6.07) is 7.34. The molecule has 4 aliphatic rings. The molecule has 6 heterocycles. The molecule has 3 aromatic rings. The maximum atomic E-state index is 13.5. The number of hydrogen-bond acceptors (Lipinski definition) is 5. The fourth-order valence-corrected chi connectivity index (χ4v) is 6.21. The molecule has 182 valence electrons. The largest absolute Gasteiger partial charge is 0.378 e. The smallest absolute Gasteiger partial charge is 0.320 e. The zero-order valence-corrected chi connectivity index (χ0v) is 20.0. The molecule has 3 atom stereocenters. The van der Waals surface area contributed by atoms with E-state index in [0.29, 0.717) is 19.8 Å². The van der Waals surface area contributed by atoms with Crippen LogP contribution in [-0.4, -0.2) is 77.4 Å². The molecule has 7 rings (SSSR count). The quantitative estimate of drug-likeness (QED) is 0.598. The second-order valence-corrected chi connectivity index (χ2v) is 10.3. The Bertz CT molecular complexity index is 1300. The summed E-state index contributed by atoms with van der Waals surface area (Å²) < 4.78 is 11.6. The summed E-state index contributed by atoms with van der Waals surface area (Å²) in [5, 5.41) is 4.80. The molecule has 2 N–H and O–H groups in total. The number of nitrogens with one attached hydrogen (secondary N) is 2. The van der Waals surface area contributed by atoms with E-state index in [0.717, 1.165) is 55.7 Å². The lowest BCUT2D eigenvalue weighted by Crippen LogP contribution is -2.50. The maximum absolute atomic E-state index is 13.5. The van der Waals surface area contributed by atoms with Gasteiger partial charge in [0, 0.05) is 49.5 Å². The molecule has 8 heteroatoms.